The highest BCUT2D eigenvalue weighted by Crippen LogP contribution is 2.41. The minimum atomic E-state index is 0.0126. The van der Waals surface area contributed by atoms with E-state index in [0.29, 0.717) is 0 Å². The van der Waals surface area contributed by atoms with Gasteiger partial charge in [0.05, 0.1) is 12.6 Å². The number of hydrogen-bond donors (Lipinski definition) is 1. The summed E-state index contributed by atoms with van der Waals surface area (Å²) in [5.41, 5.74) is 9.25. The molecule has 2 heterocycles. The van der Waals surface area contributed by atoms with Crippen LogP contribution in [0.5, 0.6) is 5.75 Å². The minimum absolute atomic E-state index is 0.0126. The molecular weight excluding hydrogens is 248 g/mol. The highest BCUT2D eigenvalue weighted by atomic mass is 16.5. The van der Waals surface area contributed by atoms with E-state index >= 15 is 0 Å². The Labute approximate surface area is 122 Å². The van der Waals surface area contributed by atoms with Crippen molar-refractivity contribution in [1.82, 2.24) is 4.90 Å². The summed E-state index contributed by atoms with van der Waals surface area (Å²) in [4.78, 5) is 2.58. The van der Waals surface area contributed by atoms with Crippen LogP contribution in [0.25, 0.3) is 0 Å². The maximum Gasteiger partial charge on any atom is 0.127 e. The SMILES string of the molecule is CCC(C)(C(N)c1cccc2c1OCC2)N1CCCC1. The highest BCUT2D eigenvalue weighted by molar-refractivity contribution is 5.46. The van der Waals surface area contributed by atoms with Gasteiger partial charge in [0.15, 0.2) is 0 Å². The number of nitrogens with zero attached hydrogens (tertiary/aromatic N) is 1. The number of rotatable bonds is 4. The van der Waals surface area contributed by atoms with Crippen LogP contribution in [-0.4, -0.2) is 30.1 Å². The lowest BCUT2D eigenvalue weighted by Crippen LogP contribution is -2.51. The molecule has 0 aliphatic carbocycles. The van der Waals surface area contributed by atoms with Gasteiger partial charge in [-0.25, -0.2) is 0 Å². The first-order valence-electron chi connectivity index (χ1n) is 7.92. The number of likely N-dealkylation sites (tertiary alicyclic amines) is 1. The van der Waals surface area contributed by atoms with Crippen LogP contribution in [0.4, 0.5) is 0 Å². The lowest BCUT2D eigenvalue weighted by Gasteiger charge is -2.43. The predicted molar refractivity (Wildman–Crippen MR) is 82.1 cm³/mol. The van der Waals surface area contributed by atoms with E-state index in [9.17, 15) is 0 Å². The van der Waals surface area contributed by atoms with Crippen molar-refractivity contribution < 1.29 is 4.74 Å². The lowest BCUT2D eigenvalue weighted by atomic mass is 9.83. The third kappa shape index (κ3) is 2.13. The Bertz CT molecular complexity index is 482. The monoisotopic (exact) mass is 274 g/mol. The first kappa shape index (κ1) is 13.9. The quantitative estimate of drug-likeness (QED) is 0.917. The molecule has 1 aromatic carbocycles. The largest absolute Gasteiger partial charge is 0.493 e. The zero-order valence-electron chi connectivity index (χ0n) is 12.7. The number of nitrogens with two attached hydrogens (primary N) is 1. The summed E-state index contributed by atoms with van der Waals surface area (Å²) in [5.74, 6) is 1.05. The van der Waals surface area contributed by atoms with Crippen LogP contribution in [0.15, 0.2) is 18.2 Å². The highest BCUT2D eigenvalue weighted by Gasteiger charge is 2.40. The van der Waals surface area contributed by atoms with Gasteiger partial charge in [0.2, 0.25) is 0 Å². The average Bonchev–Trinajstić information content (AvgIpc) is 3.15. The fourth-order valence-corrected chi connectivity index (χ4v) is 3.69. The van der Waals surface area contributed by atoms with E-state index in [1.807, 2.05) is 0 Å². The van der Waals surface area contributed by atoms with Crippen molar-refractivity contribution in [2.45, 2.75) is 51.1 Å². The Morgan fingerprint density at radius 3 is 2.80 bits per heavy atom. The van der Waals surface area contributed by atoms with Crippen molar-refractivity contribution in [3.05, 3.63) is 29.3 Å². The summed E-state index contributed by atoms with van der Waals surface area (Å²) < 4.78 is 5.85. The van der Waals surface area contributed by atoms with Gasteiger partial charge < -0.3 is 10.5 Å². The summed E-state index contributed by atoms with van der Waals surface area (Å²) >= 11 is 0. The van der Waals surface area contributed by atoms with Gasteiger partial charge in [0, 0.05) is 17.5 Å². The molecule has 0 saturated carbocycles. The Hall–Kier alpha value is -1.06. The molecule has 0 bridgehead atoms. The molecule has 1 aromatic rings. The zero-order chi connectivity index (χ0) is 14.2. The molecule has 3 nitrogen and oxygen atoms in total. The van der Waals surface area contributed by atoms with Gasteiger partial charge in [0.25, 0.3) is 0 Å². The van der Waals surface area contributed by atoms with Crippen LogP contribution in [0.3, 0.4) is 0 Å². The molecule has 2 N–H and O–H groups in total. The van der Waals surface area contributed by atoms with Crippen LogP contribution in [0, 0.1) is 0 Å². The summed E-state index contributed by atoms with van der Waals surface area (Å²) in [5, 5.41) is 0. The number of para-hydroxylation sites is 1. The molecule has 2 atom stereocenters. The summed E-state index contributed by atoms with van der Waals surface area (Å²) in [6.07, 6.45) is 4.68. The first-order valence-corrected chi connectivity index (χ1v) is 7.92. The van der Waals surface area contributed by atoms with E-state index in [-0.39, 0.29) is 11.6 Å². The molecule has 0 spiro atoms. The third-order valence-corrected chi connectivity index (χ3v) is 5.29. The van der Waals surface area contributed by atoms with Crippen molar-refractivity contribution in [3.8, 4) is 5.75 Å². The smallest absolute Gasteiger partial charge is 0.127 e. The van der Waals surface area contributed by atoms with Gasteiger partial charge in [-0.2, -0.15) is 0 Å². The van der Waals surface area contributed by atoms with E-state index in [2.05, 4.69) is 36.9 Å². The summed E-state index contributed by atoms with van der Waals surface area (Å²) in [6.45, 7) is 7.72. The number of fused-ring (bicyclic) bond motifs is 1. The molecule has 2 aliphatic heterocycles. The van der Waals surface area contributed by atoms with Crippen molar-refractivity contribution in [1.29, 1.82) is 0 Å². The molecule has 2 aliphatic rings. The number of hydrogen-bond acceptors (Lipinski definition) is 3. The van der Waals surface area contributed by atoms with Crippen molar-refractivity contribution in [2.24, 2.45) is 5.73 Å². The maximum atomic E-state index is 6.72. The average molecular weight is 274 g/mol. The first-order chi connectivity index (χ1) is 9.66. The fraction of sp³-hybridized carbons (Fsp3) is 0.647. The lowest BCUT2D eigenvalue weighted by molar-refractivity contribution is 0.0989. The summed E-state index contributed by atoms with van der Waals surface area (Å²) in [7, 11) is 0. The van der Waals surface area contributed by atoms with Gasteiger partial charge in [-0.05, 0) is 44.8 Å². The predicted octanol–water partition coefficient (Wildman–Crippen LogP) is 2.89. The Morgan fingerprint density at radius 2 is 2.10 bits per heavy atom. The van der Waals surface area contributed by atoms with Gasteiger partial charge in [0.1, 0.15) is 5.75 Å². The maximum absolute atomic E-state index is 6.72. The molecule has 0 radical (unpaired) electrons. The van der Waals surface area contributed by atoms with E-state index in [4.69, 9.17) is 10.5 Å². The van der Waals surface area contributed by atoms with Crippen LogP contribution in [0.1, 0.15) is 50.3 Å². The second-order valence-corrected chi connectivity index (χ2v) is 6.32. The van der Waals surface area contributed by atoms with Gasteiger partial charge >= 0.3 is 0 Å². The number of benzene rings is 1. The normalized spacial score (nSPS) is 23.1. The molecule has 1 fully saturated rings. The molecule has 0 aromatic heterocycles. The van der Waals surface area contributed by atoms with E-state index < -0.39 is 0 Å². The topological polar surface area (TPSA) is 38.5 Å². The molecule has 0 amide bonds. The van der Waals surface area contributed by atoms with Crippen molar-refractivity contribution in [2.75, 3.05) is 19.7 Å². The Morgan fingerprint density at radius 1 is 1.35 bits per heavy atom. The van der Waals surface area contributed by atoms with Crippen LogP contribution in [-0.2, 0) is 6.42 Å². The molecule has 1 saturated heterocycles. The Kier molecular flexibility index (Phi) is 3.74. The van der Waals surface area contributed by atoms with Crippen LogP contribution in [0.2, 0.25) is 0 Å². The molecule has 3 heteroatoms. The van der Waals surface area contributed by atoms with Gasteiger partial charge in [-0.1, -0.05) is 25.1 Å². The van der Waals surface area contributed by atoms with Crippen molar-refractivity contribution >= 4 is 0 Å². The fourth-order valence-electron chi connectivity index (χ4n) is 3.69. The van der Waals surface area contributed by atoms with Gasteiger partial charge in [-0.15, -0.1) is 0 Å². The molecule has 20 heavy (non-hydrogen) atoms. The van der Waals surface area contributed by atoms with E-state index in [0.717, 1.165) is 25.2 Å². The molecule has 3 rings (SSSR count). The van der Waals surface area contributed by atoms with E-state index in [1.165, 1.54) is 37.1 Å². The summed E-state index contributed by atoms with van der Waals surface area (Å²) in [6, 6.07) is 6.46. The standard InChI is InChI=1S/C17H26N2O/c1-3-17(2,19-10-4-5-11-19)16(18)14-8-6-7-13-9-12-20-15(13)14/h6-8,16H,3-5,9-12,18H2,1-2H3. The zero-order valence-corrected chi connectivity index (χ0v) is 12.7. The molecule has 110 valence electrons. The third-order valence-electron chi connectivity index (χ3n) is 5.29. The molecule has 2 unspecified atom stereocenters. The Balaban J connectivity index is 1.94. The molecular formula is C17H26N2O. The van der Waals surface area contributed by atoms with Gasteiger partial charge in [-0.3, -0.25) is 4.90 Å². The number of ether oxygens (including phenoxy) is 1. The second kappa shape index (κ2) is 5.38. The second-order valence-electron chi connectivity index (χ2n) is 6.32. The minimum Gasteiger partial charge on any atom is -0.493 e. The van der Waals surface area contributed by atoms with Crippen molar-refractivity contribution in [3.63, 3.8) is 0 Å². The van der Waals surface area contributed by atoms with E-state index in [1.54, 1.807) is 0 Å². The van der Waals surface area contributed by atoms with Crippen LogP contribution >= 0.6 is 0 Å². The van der Waals surface area contributed by atoms with Crippen LogP contribution < -0.4 is 10.5 Å².